The Balaban J connectivity index is 1.55. The fourth-order valence-corrected chi connectivity index (χ4v) is 2.57. The number of carbonyl (C=O) groups excluding carboxylic acids is 1. The van der Waals surface area contributed by atoms with Gasteiger partial charge in [-0.1, -0.05) is 13.0 Å². The van der Waals surface area contributed by atoms with Crippen molar-refractivity contribution in [3.05, 3.63) is 42.2 Å². The SMILES string of the molecule is C=C(NOCCCCC1COC(C)(C(=O)OC)OC1)c1ccc(F)cc1. The van der Waals surface area contributed by atoms with Crippen LogP contribution in [0.4, 0.5) is 4.39 Å². The van der Waals surface area contributed by atoms with Crippen molar-refractivity contribution >= 4 is 11.7 Å². The van der Waals surface area contributed by atoms with Crippen LogP contribution in [0, 0.1) is 11.7 Å². The summed E-state index contributed by atoms with van der Waals surface area (Å²) in [6.45, 7) is 6.87. The lowest BCUT2D eigenvalue weighted by molar-refractivity contribution is -0.272. The molecule has 6 nitrogen and oxygen atoms in total. The van der Waals surface area contributed by atoms with Crippen molar-refractivity contribution in [1.82, 2.24) is 5.48 Å². The molecule has 0 unspecified atom stereocenters. The van der Waals surface area contributed by atoms with Crippen LogP contribution in [0.25, 0.3) is 5.70 Å². The standard InChI is InChI=1S/C19H26FNO5/c1-14(16-7-9-17(20)10-8-16)21-26-11-5-4-6-15-12-24-19(2,25-13-15)18(22)23-3/h7-10,15,21H,1,4-6,11-13H2,2-3H3. The smallest absolute Gasteiger partial charge is 0.366 e. The van der Waals surface area contributed by atoms with Gasteiger partial charge < -0.3 is 14.2 Å². The quantitative estimate of drug-likeness (QED) is 0.411. The number of methoxy groups -OCH3 is 1. The number of rotatable bonds is 9. The first kappa shape index (κ1) is 20.4. The molecule has 26 heavy (non-hydrogen) atoms. The maximum absolute atomic E-state index is 12.9. The Morgan fingerprint density at radius 1 is 1.31 bits per heavy atom. The fraction of sp³-hybridized carbons (Fsp3) is 0.526. The summed E-state index contributed by atoms with van der Waals surface area (Å²) in [6, 6.07) is 6.03. The molecule has 1 aromatic carbocycles. The first-order chi connectivity index (χ1) is 12.4. The van der Waals surface area contributed by atoms with E-state index >= 15 is 0 Å². The Bertz CT molecular complexity index is 596. The average Bonchev–Trinajstić information content (AvgIpc) is 2.65. The molecule has 1 saturated heterocycles. The Kier molecular flexibility index (Phi) is 7.56. The molecule has 144 valence electrons. The van der Waals surface area contributed by atoms with Crippen LogP contribution >= 0.6 is 0 Å². The van der Waals surface area contributed by atoms with Crippen LogP contribution in [0.2, 0.25) is 0 Å². The molecule has 1 fully saturated rings. The summed E-state index contributed by atoms with van der Waals surface area (Å²) in [4.78, 5) is 17.0. The molecule has 1 heterocycles. The number of ether oxygens (including phenoxy) is 3. The normalized spacial score (nSPS) is 22.7. The second kappa shape index (κ2) is 9.66. The third kappa shape index (κ3) is 5.79. The predicted octanol–water partition coefficient (Wildman–Crippen LogP) is 3.04. The van der Waals surface area contributed by atoms with Gasteiger partial charge in [0.1, 0.15) is 5.82 Å². The van der Waals surface area contributed by atoms with Crippen LogP contribution in [-0.2, 0) is 23.8 Å². The number of hydroxylamine groups is 1. The molecule has 0 atom stereocenters. The third-order valence-corrected chi connectivity index (χ3v) is 4.24. The average molecular weight is 367 g/mol. The van der Waals surface area contributed by atoms with Gasteiger partial charge >= 0.3 is 5.97 Å². The molecule has 0 aliphatic carbocycles. The van der Waals surface area contributed by atoms with Gasteiger partial charge in [0, 0.05) is 12.8 Å². The van der Waals surface area contributed by atoms with E-state index in [1.54, 1.807) is 19.1 Å². The van der Waals surface area contributed by atoms with E-state index in [0.29, 0.717) is 25.5 Å². The van der Waals surface area contributed by atoms with Gasteiger partial charge in [0.15, 0.2) is 0 Å². The summed E-state index contributed by atoms with van der Waals surface area (Å²) >= 11 is 0. The number of esters is 1. The monoisotopic (exact) mass is 367 g/mol. The third-order valence-electron chi connectivity index (χ3n) is 4.24. The minimum Gasteiger partial charge on any atom is -0.465 e. The molecule has 0 aromatic heterocycles. The Morgan fingerprint density at radius 3 is 2.58 bits per heavy atom. The van der Waals surface area contributed by atoms with E-state index in [9.17, 15) is 9.18 Å². The van der Waals surface area contributed by atoms with Crippen molar-refractivity contribution in [2.45, 2.75) is 32.0 Å². The van der Waals surface area contributed by atoms with Gasteiger partial charge in [-0.2, -0.15) is 0 Å². The first-order valence-electron chi connectivity index (χ1n) is 8.63. The van der Waals surface area contributed by atoms with Crippen molar-refractivity contribution in [2.24, 2.45) is 5.92 Å². The van der Waals surface area contributed by atoms with E-state index in [1.807, 2.05) is 0 Å². The number of hydrogen-bond acceptors (Lipinski definition) is 6. The van der Waals surface area contributed by atoms with Crippen molar-refractivity contribution in [1.29, 1.82) is 0 Å². The molecule has 2 rings (SSSR count). The molecule has 0 bridgehead atoms. The van der Waals surface area contributed by atoms with Crippen LogP contribution < -0.4 is 5.48 Å². The molecule has 1 aromatic rings. The van der Waals surface area contributed by atoms with E-state index in [1.165, 1.54) is 19.2 Å². The predicted molar refractivity (Wildman–Crippen MR) is 94.2 cm³/mol. The van der Waals surface area contributed by atoms with Gasteiger partial charge in [-0.3, -0.25) is 10.3 Å². The topological polar surface area (TPSA) is 66.0 Å². The van der Waals surface area contributed by atoms with Crippen molar-refractivity contribution in [2.75, 3.05) is 26.9 Å². The highest BCUT2D eigenvalue weighted by Gasteiger charge is 2.41. The van der Waals surface area contributed by atoms with Crippen LogP contribution in [0.1, 0.15) is 31.7 Å². The van der Waals surface area contributed by atoms with E-state index < -0.39 is 11.8 Å². The maximum atomic E-state index is 12.9. The lowest BCUT2D eigenvalue weighted by atomic mass is 10.0. The van der Waals surface area contributed by atoms with Crippen LogP contribution in [0.3, 0.4) is 0 Å². The van der Waals surface area contributed by atoms with E-state index in [2.05, 4.69) is 16.8 Å². The molecular weight excluding hydrogens is 341 g/mol. The summed E-state index contributed by atoms with van der Waals surface area (Å²) in [7, 11) is 1.31. The molecule has 7 heteroatoms. The van der Waals surface area contributed by atoms with Gasteiger partial charge in [0.2, 0.25) is 0 Å². The van der Waals surface area contributed by atoms with Crippen molar-refractivity contribution in [3.8, 4) is 0 Å². The second-order valence-corrected chi connectivity index (χ2v) is 6.36. The van der Waals surface area contributed by atoms with Crippen molar-refractivity contribution in [3.63, 3.8) is 0 Å². The summed E-state index contributed by atoms with van der Waals surface area (Å²) < 4.78 is 28.6. The van der Waals surface area contributed by atoms with E-state index in [-0.39, 0.29) is 11.7 Å². The van der Waals surface area contributed by atoms with Crippen LogP contribution in [0.5, 0.6) is 0 Å². The zero-order valence-electron chi connectivity index (χ0n) is 15.3. The second-order valence-electron chi connectivity index (χ2n) is 6.36. The molecule has 0 saturated carbocycles. The van der Waals surface area contributed by atoms with Gasteiger partial charge in [-0.15, -0.1) is 0 Å². The van der Waals surface area contributed by atoms with Gasteiger partial charge in [0.05, 0.1) is 32.6 Å². The van der Waals surface area contributed by atoms with Gasteiger partial charge in [0.25, 0.3) is 5.79 Å². The Morgan fingerprint density at radius 2 is 1.96 bits per heavy atom. The minimum atomic E-state index is -1.29. The Hall–Kier alpha value is -1.96. The minimum absolute atomic E-state index is 0.245. The molecule has 0 amide bonds. The van der Waals surface area contributed by atoms with Crippen LogP contribution in [-0.4, -0.2) is 38.7 Å². The Labute approximate surface area is 153 Å². The summed E-state index contributed by atoms with van der Waals surface area (Å²) in [5.41, 5.74) is 4.13. The number of hydrogen-bond donors (Lipinski definition) is 1. The lowest BCUT2D eigenvalue weighted by Gasteiger charge is -2.35. The maximum Gasteiger partial charge on any atom is 0.366 e. The molecule has 1 N–H and O–H groups in total. The van der Waals surface area contributed by atoms with E-state index in [0.717, 1.165) is 24.8 Å². The zero-order valence-corrected chi connectivity index (χ0v) is 15.3. The molecule has 0 radical (unpaired) electrons. The van der Waals surface area contributed by atoms with Gasteiger partial charge in [-0.25, -0.2) is 9.18 Å². The van der Waals surface area contributed by atoms with Crippen molar-refractivity contribution < 1.29 is 28.2 Å². The molecule has 0 spiro atoms. The number of nitrogens with one attached hydrogen (secondary N) is 1. The van der Waals surface area contributed by atoms with Crippen LogP contribution in [0.15, 0.2) is 30.8 Å². The molecular formula is C19H26FNO5. The highest BCUT2D eigenvalue weighted by molar-refractivity contribution is 5.77. The van der Waals surface area contributed by atoms with Gasteiger partial charge in [-0.05, 0) is 42.7 Å². The highest BCUT2D eigenvalue weighted by atomic mass is 19.1. The number of carbonyl (C=O) groups is 1. The number of benzene rings is 1. The zero-order chi connectivity index (χ0) is 19.0. The fourth-order valence-electron chi connectivity index (χ4n) is 2.57. The first-order valence-corrected chi connectivity index (χ1v) is 8.63. The summed E-state index contributed by atoms with van der Waals surface area (Å²) in [5, 5.41) is 0. The molecule has 1 aliphatic rings. The summed E-state index contributed by atoms with van der Waals surface area (Å²) in [5.74, 6) is -1.85. The number of halogens is 1. The largest absolute Gasteiger partial charge is 0.465 e. The van der Waals surface area contributed by atoms with E-state index in [4.69, 9.17) is 14.3 Å². The number of unbranched alkanes of at least 4 members (excludes halogenated alkanes) is 1. The lowest BCUT2D eigenvalue weighted by Crippen LogP contribution is -2.48. The summed E-state index contributed by atoms with van der Waals surface area (Å²) in [6.07, 6.45) is 2.71. The molecule has 1 aliphatic heterocycles. The highest BCUT2D eigenvalue weighted by Crippen LogP contribution is 2.25.